The largest absolute Gasteiger partial charge is 0.312 e. The summed E-state index contributed by atoms with van der Waals surface area (Å²) in [4.78, 5) is 0. The second-order valence-electron chi connectivity index (χ2n) is 4.09. The van der Waals surface area contributed by atoms with E-state index >= 15 is 0 Å². The average Bonchev–Trinajstić information content (AvgIpc) is 2.50. The monoisotopic (exact) mass is 195 g/mol. The fourth-order valence-corrected chi connectivity index (χ4v) is 1.54. The highest BCUT2D eigenvalue weighted by atomic mass is 15.3. The number of nitrogens with one attached hydrogen (secondary N) is 1. The quantitative estimate of drug-likeness (QED) is 0.776. The molecule has 0 bridgehead atoms. The first-order chi connectivity index (χ1) is 6.63. The fraction of sp³-hybridized carbons (Fsp3) is 0.727. The second kappa shape index (κ2) is 5.15. The third kappa shape index (κ3) is 3.14. The molecule has 0 amide bonds. The normalized spacial score (nSPS) is 13.5. The highest BCUT2D eigenvalue weighted by Crippen LogP contribution is 2.04. The van der Waals surface area contributed by atoms with Crippen molar-refractivity contribution in [2.24, 2.45) is 5.92 Å². The Morgan fingerprint density at radius 1 is 1.50 bits per heavy atom. The van der Waals surface area contributed by atoms with E-state index in [1.807, 2.05) is 23.9 Å². The van der Waals surface area contributed by atoms with Crippen LogP contribution in [0.25, 0.3) is 0 Å². The molecule has 1 rings (SSSR count). The first-order valence-electron chi connectivity index (χ1n) is 5.37. The molecule has 1 N–H and O–H groups in total. The average molecular weight is 195 g/mol. The maximum Gasteiger partial charge on any atom is 0.0593 e. The van der Waals surface area contributed by atoms with E-state index in [0.717, 1.165) is 18.8 Å². The molecule has 1 heterocycles. The first kappa shape index (κ1) is 11.2. The topological polar surface area (TPSA) is 29.9 Å². The molecule has 1 aromatic heterocycles. The summed E-state index contributed by atoms with van der Waals surface area (Å²) in [7, 11) is 0. The first-order valence-corrected chi connectivity index (χ1v) is 5.37. The number of aromatic nitrogens is 2. The summed E-state index contributed by atoms with van der Waals surface area (Å²) >= 11 is 0. The SMILES string of the molecule is CCNC(Cn1ccc(C)n1)C(C)C. The van der Waals surface area contributed by atoms with Crippen LogP contribution in [0.5, 0.6) is 0 Å². The van der Waals surface area contributed by atoms with Gasteiger partial charge in [-0.25, -0.2) is 0 Å². The minimum absolute atomic E-state index is 0.513. The molecule has 14 heavy (non-hydrogen) atoms. The maximum atomic E-state index is 4.39. The van der Waals surface area contributed by atoms with Crippen LogP contribution in [0.4, 0.5) is 0 Å². The van der Waals surface area contributed by atoms with Crippen LogP contribution >= 0.6 is 0 Å². The molecule has 3 nitrogen and oxygen atoms in total. The van der Waals surface area contributed by atoms with Crippen molar-refractivity contribution in [1.29, 1.82) is 0 Å². The molecule has 1 unspecified atom stereocenters. The molecule has 0 aliphatic heterocycles. The molecule has 0 aliphatic rings. The molecule has 0 aliphatic carbocycles. The lowest BCUT2D eigenvalue weighted by atomic mass is 10.0. The van der Waals surface area contributed by atoms with Crippen molar-refractivity contribution in [3.63, 3.8) is 0 Å². The van der Waals surface area contributed by atoms with Crippen LogP contribution < -0.4 is 5.32 Å². The van der Waals surface area contributed by atoms with Crippen LogP contribution in [-0.4, -0.2) is 22.4 Å². The van der Waals surface area contributed by atoms with Crippen molar-refractivity contribution in [2.75, 3.05) is 6.54 Å². The van der Waals surface area contributed by atoms with E-state index in [1.165, 1.54) is 0 Å². The summed E-state index contributed by atoms with van der Waals surface area (Å²) < 4.78 is 2.02. The predicted molar refractivity (Wildman–Crippen MR) is 59.3 cm³/mol. The van der Waals surface area contributed by atoms with Crippen molar-refractivity contribution in [3.8, 4) is 0 Å². The third-order valence-corrected chi connectivity index (χ3v) is 2.43. The van der Waals surface area contributed by atoms with E-state index in [-0.39, 0.29) is 0 Å². The van der Waals surface area contributed by atoms with Crippen molar-refractivity contribution < 1.29 is 0 Å². The highest BCUT2D eigenvalue weighted by molar-refractivity contribution is 4.95. The number of hydrogen-bond donors (Lipinski definition) is 1. The molecule has 0 fully saturated rings. The summed E-state index contributed by atoms with van der Waals surface area (Å²) in [5.74, 6) is 0.638. The zero-order valence-corrected chi connectivity index (χ0v) is 9.62. The van der Waals surface area contributed by atoms with Gasteiger partial charge in [0.25, 0.3) is 0 Å². The Morgan fingerprint density at radius 3 is 2.64 bits per heavy atom. The van der Waals surface area contributed by atoms with E-state index in [4.69, 9.17) is 0 Å². The minimum Gasteiger partial charge on any atom is -0.312 e. The molecular weight excluding hydrogens is 174 g/mol. The van der Waals surface area contributed by atoms with Gasteiger partial charge in [-0.15, -0.1) is 0 Å². The molecule has 1 atom stereocenters. The van der Waals surface area contributed by atoms with Gasteiger partial charge in [0.2, 0.25) is 0 Å². The number of hydrogen-bond acceptors (Lipinski definition) is 2. The molecule has 0 saturated carbocycles. The zero-order chi connectivity index (χ0) is 10.6. The van der Waals surface area contributed by atoms with Crippen molar-refractivity contribution in [3.05, 3.63) is 18.0 Å². The van der Waals surface area contributed by atoms with Gasteiger partial charge in [0.1, 0.15) is 0 Å². The van der Waals surface area contributed by atoms with E-state index in [9.17, 15) is 0 Å². The van der Waals surface area contributed by atoms with Gasteiger partial charge in [0, 0.05) is 12.2 Å². The maximum absolute atomic E-state index is 4.39. The lowest BCUT2D eigenvalue weighted by Gasteiger charge is -2.21. The van der Waals surface area contributed by atoms with Crippen molar-refractivity contribution in [1.82, 2.24) is 15.1 Å². The smallest absolute Gasteiger partial charge is 0.0593 e. The predicted octanol–water partition coefficient (Wildman–Crippen LogP) is 1.83. The Balaban J connectivity index is 2.55. The second-order valence-corrected chi connectivity index (χ2v) is 4.09. The lowest BCUT2D eigenvalue weighted by molar-refractivity contribution is 0.348. The van der Waals surface area contributed by atoms with Crippen LogP contribution in [0.3, 0.4) is 0 Å². The van der Waals surface area contributed by atoms with Crippen LogP contribution in [0, 0.1) is 12.8 Å². The highest BCUT2D eigenvalue weighted by Gasteiger charge is 2.12. The summed E-state index contributed by atoms with van der Waals surface area (Å²) in [5, 5.41) is 7.87. The standard InChI is InChI=1S/C11H21N3/c1-5-12-11(9(2)3)8-14-7-6-10(4)13-14/h6-7,9,11-12H,5,8H2,1-4H3. The van der Waals surface area contributed by atoms with Gasteiger partial charge >= 0.3 is 0 Å². The Hall–Kier alpha value is -0.830. The van der Waals surface area contributed by atoms with Crippen LogP contribution in [0.1, 0.15) is 26.5 Å². The summed E-state index contributed by atoms with van der Waals surface area (Å²) in [6.07, 6.45) is 2.04. The molecule has 0 aromatic carbocycles. The van der Waals surface area contributed by atoms with E-state index < -0.39 is 0 Å². The third-order valence-electron chi connectivity index (χ3n) is 2.43. The Kier molecular flexibility index (Phi) is 4.14. The summed E-state index contributed by atoms with van der Waals surface area (Å²) in [5.41, 5.74) is 1.09. The van der Waals surface area contributed by atoms with Gasteiger partial charge in [-0.1, -0.05) is 20.8 Å². The minimum atomic E-state index is 0.513. The molecular formula is C11H21N3. The lowest BCUT2D eigenvalue weighted by Crippen LogP contribution is -2.37. The summed E-state index contributed by atoms with van der Waals surface area (Å²) in [6, 6.07) is 2.56. The van der Waals surface area contributed by atoms with Gasteiger partial charge < -0.3 is 5.32 Å². The van der Waals surface area contributed by atoms with Gasteiger partial charge in [0.15, 0.2) is 0 Å². The molecule has 80 valence electrons. The molecule has 0 radical (unpaired) electrons. The van der Waals surface area contributed by atoms with Gasteiger partial charge in [0.05, 0.1) is 12.2 Å². The zero-order valence-electron chi connectivity index (χ0n) is 9.62. The molecule has 0 spiro atoms. The number of likely N-dealkylation sites (N-methyl/N-ethyl adjacent to an activating group) is 1. The van der Waals surface area contributed by atoms with Crippen LogP contribution in [0.15, 0.2) is 12.3 Å². The Bertz CT molecular complexity index is 265. The van der Waals surface area contributed by atoms with E-state index in [1.54, 1.807) is 0 Å². The summed E-state index contributed by atoms with van der Waals surface area (Å²) in [6.45, 7) is 10.6. The molecule has 3 heteroatoms. The molecule has 0 saturated heterocycles. The fourth-order valence-electron chi connectivity index (χ4n) is 1.54. The van der Waals surface area contributed by atoms with Crippen LogP contribution in [0.2, 0.25) is 0 Å². The van der Waals surface area contributed by atoms with Crippen molar-refractivity contribution in [2.45, 2.75) is 40.3 Å². The van der Waals surface area contributed by atoms with Gasteiger partial charge in [-0.05, 0) is 25.5 Å². The number of rotatable bonds is 5. The Labute approximate surface area is 86.5 Å². The Morgan fingerprint density at radius 2 is 2.21 bits per heavy atom. The number of nitrogens with zero attached hydrogens (tertiary/aromatic N) is 2. The molecule has 1 aromatic rings. The number of aryl methyl sites for hydroxylation is 1. The van der Waals surface area contributed by atoms with E-state index in [0.29, 0.717) is 12.0 Å². The van der Waals surface area contributed by atoms with Gasteiger partial charge in [-0.2, -0.15) is 5.10 Å². The van der Waals surface area contributed by atoms with Crippen molar-refractivity contribution >= 4 is 0 Å². The van der Waals surface area contributed by atoms with E-state index in [2.05, 4.69) is 31.2 Å². The van der Waals surface area contributed by atoms with Crippen LogP contribution in [-0.2, 0) is 6.54 Å². The van der Waals surface area contributed by atoms with Gasteiger partial charge in [-0.3, -0.25) is 4.68 Å².